The van der Waals surface area contributed by atoms with E-state index in [9.17, 15) is 0 Å². The van der Waals surface area contributed by atoms with Crippen molar-refractivity contribution in [3.05, 3.63) is 0 Å². The van der Waals surface area contributed by atoms with Crippen LogP contribution in [0.1, 0.15) is 47.5 Å². The van der Waals surface area contributed by atoms with Crippen molar-refractivity contribution in [2.24, 2.45) is 0 Å². The van der Waals surface area contributed by atoms with Gasteiger partial charge in [0.25, 0.3) is 0 Å². The van der Waals surface area contributed by atoms with E-state index < -0.39 is 0 Å². The van der Waals surface area contributed by atoms with Crippen molar-refractivity contribution >= 4 is 14.6 Å². The number of rotatable bonds is 3. The van der Waals surface area contributed by atoms with E-state index in [-0.39, 0.29) is 0 Å². The van der Waals surface area contributed by atoms with E-state index in [1.165, 1.54) is 12.8 Å². The van der Waals surface area contributed by atoms with Crippen molar-refractivity contribution in [2.45, 2.75) is 70.2 Å². The highest BCUT2D eigenvalue weighted by Crippen LogP contribution is 2.48. The molecule has 0 aromatic heterocycles. The highest BCUT2D eigenvalue weighted by molar-refractivity contribution is 6.48. The van der Waals surface area contributed by atoms with Gasteiger partial charge in [0, 0.05) is 0 Å². The van der Waals surface area contributed by atoms with Crippen LogP contribution in [0.3, 0.4) is 0 Å². The summed E-state index contributed by atoms with van der Waals surface area (Å²) in [5.74, 6) is 2.49. The molecular weight excluding hydrogens is 154 g/mol. The summed E-state index contributed by atoms with van der Waals surface area (Å²) < 4.78 is 0. The van der Waals surface area contributed by atoms with E-state index >= 15 is 0 Å². The Morgan fingerprint density at radius 3 is 1.92 bits per heavy atom. The first-order valence-electron chi connectivity index (χ1n) is 5.59. The van der Waals surface area contributed by atoms with Crippen molar-refractivity contribution in [3.8, 4) is 0 Å². The van der Waals surface area contributed by atoms with Gasteiger partial charge in [-0.05, 0) is 0 Å². The Bertz CT molecular complexity index is 158. The highest BCUT2D eigenvalue weighted by Gasteiger charge is 2.34. The van der Waals surface area contributed by atoms with E-state index in [0.29, 0.717) is 5.31 Å². The van der Waals surface area contributed by atoms with Gasteiger partial charge in [0.2, 0.25) is 0 Å². The fraction of sp³-hybridized carbons (Fsp3) is 1.00. The van der Waals surface area contributed by atoms with Gasteiger partial charge in [-0.25, -0.2) is 0 Å². The first-order chi connectivity index (χ1) is 5.88. The lowest BCUT2D eigenvalue weighted by molar-refractivity contribution is 0.479. The predicted molar refractivity (Wildman–Crippen MR) is 63.1 cm³/mol. The molecular formula is C11H22B2. The topological polar surface area (TPSA) is 0 Å². The number of hydrogen-bond acceptors (Lipinski definition) is 0. The van der Waals surface area contributed by atoms with Gasteiger partial charge in [-0.3, -0.25) is 0 Å². The zero-order valence-electron chi connectivity index (χ0n) is 9.80. The van der Waals surface area contributed by atoms with Gasteiger partial charge in [0.1, 0.15) is 14.6 Å². The Labute approximate surface area is 85.4 Å². The van der Waals surface area contributed by atoms with Gasteiger partial charge in [-0.2, -0.15) is 0 Å². The first-order valence-corrected chi connectivity index (χ1v) is 5.59. The third-order valence-corrected chi connectivity index (χ3v) is 2.73. The molecule has 0 aromatic carbocycles. The largest absolute Gasteiger partial charge is 0.120 e. The van der Waals surface area contributed by atoms with Crippen LogP contribution in [0.4, 0.5) is 0 Å². The second kappa shape index (κ2) is 4.11. The van der Waals surface area contributed by atoms with Crippen LogP contribution in [-0.2, 0) is 0 Å². The highest BCUT2D eigenvalue weighted by atomic mass is 14.2. The summed E-state index contributed by atoms with van der Waals surface area (Å²) in [5, 5.41) is 0.397. The number of hydrogen-bond donors (Lipinski definition) is 0. The molecule has 0 aromatic rings. The summed E-state index contributed by atoms with van der Waals surface area (Å²) in [6.45, 7) is 11.5. The molecule has 0 N–H and O–H groups in total. The van der Waals surface area contributed by atoms with Gasteiger partial charge in [-0.15, -0.1) is 0 Å². The van der Waals surface area contributed by atoms with Crippen molar-refractivity contribution in [1.82, 2.24) is 0 Å². The standard InChI is InChI=1S/C11H22B2/c1-8(2)12-9-6-7-10(9)13-11(3,4)5/h8-10H,6-7H2,1-5H3. The van der Waals surface area contributed by atoms with Gasteiger partial charge in [-0.1, -0.05) is 70.2 Å². The molecule has 2 radical (unpaired) electrons. The lowest BCUT2D eigenvalue weighted by atomic mass is 9.32. The third-order valence-electron chi connectivity index (χ3n) is 2.73. The van der Waals surface area contributed by atoms with Gasteiger partial charge >= 0.3 is 0 Å². The Kier molecular flexibility index (Phi) is 3.54. The average Bonchev–Trinajstić information content (AvgIpc) is 1.92. The van der Waals surface area contributed by atoms with Crippen LogP contribution in [0, 0.1) is 0 Å². The molecule has 0 heterocycles. The van der Waals surface area contributed by atoms with Gasteiger partial charge in [0.15, 0.2) is 0 Å². The molecule has 1 aliphatic rings. The lowest BCUT2D eigenvalue weighted by Gasteiger charge is -2.40. The second-order valence-electron chi connectivity index (χ2n) is 5.87. The molecule has 72 valence electrons. The van der Waals surface area contributed by atoms with Crippen LogP contribution in [0.15, 0.2) is 0 Å². The van der Waals surface area contributed by atoms with Crippen molar-refractivity contribution in [1.29, 1.82) is 0 Å². The summed E-state index contributed by atoms with van der Waals surface area (Å²) in [7, 11) is 5.07. The molecule has 1 rings (SSSR count). The minimum atomic E-state index is 0.397. The van der Waals surface area contributed by atoms with Crippen LogP contribution < -0.4 is 0 Å². The van der Waals surface area contributed by atoms with E-state index in [4.69, 9.17) is 0 Å². The van der Waals surface area contributed by atoms with Crippen LogP contribution >= 0.6 is 0 Å². The van der Waals surface area contributed by atoms with Crippen molar-refractivity contribution < 1.29 is 0 Å². The molecule has 2 heteroatoms. The molecule has 0 amide bonds. The van der Waals surface area contributed by atoms with Gasteiger partial charge in [0.05, 0.1) is 0 Å². The van der Waals surface area contributed by atoms with Crippen LogP contribution in [-0.4, -0.2) is 14.6 Å². The molecule has 2 atom stereocenters. The zero-order chi connectivity index (χ0) is 10.1. The fourth-order valence-electron chi connectivity index (χ4n) is 2.13. The van der Waals surface area contributed by atoms with Crippen LogP contribution in [0.5, 0.6) is 0 Å². The molecule has 0 saturated heterocycles. The third kappa shape index (κ3) is 3.79. The maximum Gasteiger partial charge on any atom is 0.120 e. The Balaban J connectivity index is 2.29. The molecule has 0 bridgehead atoms. The Hall–Kier alpha value is 0.130. The molecule has 2 unspecified atom stereocenters. The molecule has 0 spiro atoms. The SMILES string of the molecule is CC(C)[B]C1CCC1[B]C(C)(C)C. The summed E-state index contributed by atoms with van der Waals surface area (Å²) in [5.41, 5.74) is 0. The van der Waals surface area contributed by atoms with E-state index in [0.717, 1.165) is 17.5 Å². The van der Waals surface area contributed by atoms with Gasteiger partial charge < -0.3 is 0 Å². The summed E-state index contributed by atoms with van der Waals surface area (Å²) in [6.07, 6.45) is 2.82. The van der Waals surface area contributed by atoms with E-state index in [2.05, 4.69) is 49.2 Å². The fourth-order valence-corrected chi connectivity index (χ4v) is 2.13. The van der Waals surface area contributed by atoms with Crippen molar-refractivity contribution in [2.75, 3.05) is 0 Å². The minimum absolute atomic E-state index is 0.397. The predicted octanol–water partition coefficient (Wildman–Crippen LogP) is 3.81. The Morgan fingerprint density at radius 1 is 1.08 bits per heavy atom. The summed E-state index contributed by atoms with van der Waals surface area (Å²) in [6, 6.07) is 0. The quantitative estimate of drug-likeness (QED) is 0.573. The second-order valence-corrected chi connectivity index (χ2v) is 5.87. The molecule has 1 fully saturated rings. The molecule has 1 aliphatic carbocycles. The average molecular weight is 176 g/mol. The van der Waals surface area contributed by atoms with Crippen LogP contribution in [0.2, 0.25) is 22.8 Å². The monoisotopic (exact) mass is 176 g/mol. The van der Waals surface area contributed by atoms with E-state index in [1.807, 2.05) is 0 Å². The molecule has 0 aliphatic heterocycles. The smallest absolute Gasteiger partial charge is 0.0742 e. The molecule has 0 nitrogen and oxygen atoms in total. The lowest BCUT2D eigenvalue weighted by Crippen LogP contribution is -2.30. The summed E-state index contributed by atoms with van der Waals surface area (Å²) in [4.78, 5) is 0. The maximum absolute atomic E-state index is 2.54. The van der Waals surface area contributed by atoms with Crippen molar-refractivity contribution in [3.63, 3.8) is 0 Å². The first kappa shape index (κ1) is 11.2. The Morgan fingerprint density at radius 2 is 1.62 bits per heavy atom. The molecule has 13 heavy (non-hydrogen) atoms. The van der Waals surface area contributed by atoms with E-state index in [1.54, 1.807) is 0 Å². The maximum atomic E-state index is 2.54. The normalized spacial score (nSPS) is 28.5. The zero-order valence-corrected chi connectivity index (χ0v) is 9.80. The van der Waals surface area contributed by atoms with Crippen LogP contribution in [0.25, 0.3) is 0 Å². The molecule has 1 saturated carbocycles. The summed E-state index contributed by atoms with van der Waals surface area (Å²) >= 11 is 0. The minimum Gasteiger partial charge on any atom is -0.0742 e.